The molecular formula is C13H10ClN3S. The third kappa shape index (κ3) is 2.17. The van der Waals surface area contributed by atoms with Crippen molar-refractivity contribution in [2.45, 2.75) is 5.88 Å². The second kappa shape index (κ2) is 4.92. The first-order valence-corrected chi connectivity index (χ1v) is 6.88. The molecule has 0 unspecified atom stereocenters. The van der Waals surface area contributed by atoms with Crippen molar-refractivity contribution >= 4 is 44.7 Å². The van der Waals surface area contributed by atoms with E-state index in [0.29, 0.717) is 5.88 Å². The first-order valence-electron chi connectivity index (χ1n) is 5.47. The highest BCUT2D eigenvalue weighted by Gasteiger charge is 2.04. The summed E-state index contributed by atoms with van der Waals surface area (Å²) in [5.74, 6) is 1.37. The van der Waals surface area contributed by atoms with Gasteiger partial charge < -0.3 is 5.32 Å². The minimum atomic E-state index is 0.531. The highest BCUT2D eigenvalue weighted by molar-refractivity contribution is 7.17. The molecule has 2 heterocycles. The van der Waals surface area contributed by atoms with Gasteiger partial charge in [-0.05, 0) is 29.1 Å². The molecule has 0 amide bonds. The molecule has 0 atom stereocenters. The molecule has 0 saturated carbocycles. The van der Waals surface area contributed by atoms with Gasteiger partial charge in [0, 0.05) is 11.6 Å². The molecule has 0 bridgehead atoms. The number of hydrogen-bond donors (Lipinski definition) is 1. The van der Waals surface area contributed by atoms with E-state index in [-0.39, 0.29) is 0 Å². The Hall–Kier alpha value is -1.65. The van der Waals surface area contributed by atoms with Crippen molar-refractivity contribution in [2.75, 3.05) is 5.32 Å². The minimum absolute atomic E-state index is 0.531. The molecule has 3 aromatic rings. The molecule has 0 fully saturated rings. The molecule has 3 rings (SSSR count). The number of halogens is 1. The van der Waals surface area contributed by atoms with E-state index in [1.807, 2.05) is 35.7 Å². The third-order valence-corrected chi connectivity index (χ3v) is 3.83. The van der Waals surface area contributed by atoms with Crippen LogP contribution in [0.5, 0.6) is 0 Å². The lowest BCUT2D eigenvalue weighted by Gasteiger charge is -2.06. The number of rotatable bonds is 3. The molecule has 1 aromatic carbocycles. The van der Waals surface area contributed by atoms with Crippen LogP contribution in [0, 0.1) is 0 Å². The second-order valence-electron chi connectivity index (χ2n) is 3.81. The Morgan fingerprint density at radius 2 is 1.94 bits per heavy atom. The predicted octanol–water partition coefficient (Wildman–Crippen LogP) is 4.17. The van der Waals surface area contributed by atoms with Crippen LogP contribution in [-0.4, -0.2) is 9.97 Å². The number of nitrogens with zero attached hydrogens (tertiary/aromatic N) is 2. The summed E-state index contributed by atoms with van der Waals surface area (Å²) in [5, 5.41) is 5.32. The monoisotopic (exact) mass is 275 g/mol. The van der Waals surface area contributed by atoms with Crippen molar-refractivity contribution in [1.82, 2.24) is 9.97 Å². The van der Waals surface area contributed by atoms with Crippen molar-refractivity contribution in [3.63, 3.8) is 0 Å². The van der Waals surface area contributed by atoms with Crippen molar-refractivity contribution in [3.05, 3.63) is 47.6 Å². The number of hydrogen-bond acceptors (Lipinski definition) is 4. The van der Waals surface area contributed by atoms with E-state index in [1.165, 1.54) is 0 Å². The average molecular weight is 276 g/mol. The summed E-state index contributed by atoms with van der Waals surface area (Å²) in [6.45, 7) is 0. The van der Waals surface area contributed by atoms with Gasteiger partial charge in [0.25, 0.3) is 0 Å². The third-order valence-electron chi connectivity index (χ3n) is 2.61. The first-order chi connectivity index (χ1) is 8.86. The second-order valence-corrected chi connectivity index (χ2v) is 5.00. The van der Waals surface area contributed by atoms with Crippen LogP contribution in [0.3, 0.4) is 0 Å². The predicted molar refractivity (Wildman–Crippen MR) is 76.7 cm³/mol. The van der Waals surface area contributed by atoms with E-state index in [9.17, 15) is 0 Å². The molecule has 3 nitrogen and oxygen atoms in total. The maximum atomic E-state index is 5.76. The standard InChI is InChI=1S/C13H10ClN3S/c14-7-9-1-3-10(4-2-9)17-13-12-11(5-6-18-12)15-8-16-13/h1-6,8H,7H2,(H,15,16,17). The van der Waals surface area contributed by atoms with Crippen LogP contribution in [-0.2, 0) is 5.88 Å². The fourth-order valence-electron chi connectivity index (χ4n) is 1.69. The number of thiophene rings is 1. The molecule has 90 valence electrons. The first kappa shape index (κ1) is 11.4. The smallest absolute Gasteiger partial charge is 0.151 e. The summed E-state index contributed by atoms with van der Waals surface area (Å²) in [4.78, 5) is 8.49. The summed E-state index contributed by atoms with van der Waals surface area (Å²) < 4.78 is 1.07. The molecule has 0 spiro atoms. The molecule has 0 aliphatic heterocycles. The number of benzene rings is 1. The van der Waals surface area contributed by atoms with Crippen LogP contribution in [0.25, 0.3) is 10.2 Å². The van der Waals surface area contributed by atoms with Crippen LogP contribution in [0.2, 0.25) is 0 Å². The van der Waals surface area contributed by atoms with Crippen molar-refractivity contribution in [1.29, 1.82) is 0 Å². The van der Waals surface area contributed by atoms with Gasteiger partial charge in [-0.3, -0.25) is 0 Å². The Morgan fingerprint density at radius 1 is 1.11 bits per heavy atom. The van der Waals surface area contributed by atoms with E-state index in [2.05, 4.69) is 15.3 Å². The Morgan fingerprint density at radius 3 is 2.72 bits per heavy atom. The van der Waals surface area contributed by atoms with Crippen LogP contribution in [0.15, 0.2) is 42.0 Å². The lowest BCUT2D eigenvalue weighted by atomic mass is 10.2. The summed E-state index contributed by atoms with van der Waals surface area (Å²) >= 11 is 7.40. The van der Waals surface area contributed by atoms with Crippen molar-refractivity contribution in [3.8, 4) is 0 Å². The molecule has 18 heavy (non-hydrogen) atoms. The number of fused-ring (bicyclic) bond motifs is 1. The maximum Gasteiger partial charge on any atom is 0.151 e. The van der Waals surface area contributed by atoms with Gasteiger partial charge in [0.1, 0.15) is 6.33 Å². The normalized spacial score (nSPS) is 10.7. The summed E-state index contributed by atoms with van der Waals surface area (Å²) in [6.07, 6.45) is 1.57. The molecular weight excluding hydrogens is 266 g/mol. The zero-order chi connectivity index (χ0) is 12.4. The molecule has 5 heteroatoms. The number of alkyl halides is 1. The highest BCUT2D eigenvalue weighted by Crippen LogP contribution is 2.27. The van der Waals surface area contributed by atoms with Crippen LogP contribution < -0.4 is 5.32 Å². The van der Waals surface area contributed by atoms with E-state index in [1.54, 1.807) is 17.7 Å². The Labute approximate surface area is 113 Å². The van der Waals surface area contributed by atoms with Crippen molar-refractivity contribution in [2.24, 2.45) is 0 Å². The molecule has 0 aliphatic carbocycles. The van der Waals surface area contributed by atoms with Gasteiger partial charge in [0.2, 0.25) is 0 Å². The lowest BCUT2D eigenvalue weighted by Crippen LogP contribution is -1.94. The topological polar surface area (TPSA) is 37.8 Å². The molecule has 1 N–H and O–H groups in total. The summed E-state index contributed by atoms with van der Waals surface area (Å²) in [5.41, 5.74) is 3.07. The van der Waals surface area contributed by atoms with Crippen LogP contribution >= 0.6 is 22.9 Å². The average Bonchev–Trinajstić information content (AvgIpc) is 2.89. The lowest BCUT2D eigenvalue weighted by molar-refractivity contribution is 1.22. The largest absolute Gasteiger partial charge is 0.339 e. The fourth-order valence-corrected chi connectivity index (χ4v) is 2.66. The molecule has 0 radical (unpaired) electrons. The minimum Gasteiger partial charge on any atom is -0.339 e. The Balaban J connectivity index is 1.93. The number of nitrogens with one attached hydrogen (secondary N) is 1. The van der Waals surface area contributed by atoms with Gasteiger partial charge in [-0.2, -0.15) is 0 Å². The zero-order valence-corrected chi connectivity index (χ0v) is 11.0. The van der Waals surface area contributed by atoms with Gasteiger partial charge in [-0.1, -0.05) is 12.1 Å². The fraction of sp³-hybridized carbons (Fsp3) is 0.0769. The summed E-state index contributed by atoms with van der Waals surface area (Å²) in [7, 11) is 0. The molecule has 0 aliphatic rings. The van der Waals surface area contributed by atoms with Crippen molar-refractivity contribution < 1.29 is 0 Å². The van der Waals surface area contributed by atoms with E-state index < -0.39 is 0 Å². The number of anilines is 2. The Bertz CT molecular complexity index is 663. The van der Waals surface area contributed by atoms with E-state index in [4.69, 9.17) is 11.6 Å². The summed E-state index contributed by atoms with van der Waals surface area (Å²) in [6, 6.07) is 9.99. The van der Waals surface area contributed by atoms with E-state index >= 15 is 0 Å². The van der Waals surface area contributed by atoms with Gasteiger partial charge in [0.05, 0.1) is 10.2 Å². The van der Waals surface area contributed by atoms with Gasteiger partial charge in [-0.25, -0.2) is 9.97 Å². The Kier molecular flexibility index (Phi) is 3.13. The van der Waals surface area contributed by atoms with Gasteiger partial charge in [-0.15, -0.1) is 22.9 Å². The maximum absolute atomic E-state index is 5.76. The molecule has 0 saturated heterocycles. The number of aromatic nitrogens is 2. The van der Waals surface area contributed by atoms with E-state index in [0.717, 1.165) is 27.3 Å². The molecule has 2 aromatic heterocycles. The van der Waals surface area contributed by atoms with Gasteiger partial charge in [0.15, 0.2) is 5.82 Å². The quantitative estimate of drug-likeness (QED) is 0.729. The van der Waals surface area contributed by atoms with Crippen LogP contribution in [0.1, 0.15) is 5.56 Å². The highest BCUT2D eigenvalue weighted by atomic mass is 35.5. The van der Waals surface area contributed by atoms with Gasteiger partial charge >= 0.3 is 0 Å². The van der Waals surface area contributed by atoms with Crippen LogP contribution in [0.4, 0.5) is 11.5 Å². The SMILES string of the molecule is ClCc1ccc(Nc2ncnc3ccsc23)cc1. The zero-order valence-electron chi connectivity index (χ0n) is 9.43.